The maximum Gasteiger partial charge on any atom is 0.354 e. The molecule has 0 spiro atoms. The fourth-order valence-corrected chi connectivity index (χ4v) is 5.58. The van der Waals surface area contributed by atoms with Gasteiger partial charge in [-0.1, -0.05) is 23.7 Å². The molecule has 5 rings (SSSR count). The van der Waals surface area contributed by atoms with Gasteiger partial charge in [0.25, 0.3) is 11.5 Å². The van der Waals surface area contributed by atoms with E-state index in [1.807, 2.05) is 45.0 Å². The lowest BCUT2D eigenvalue weighted by Gasteiger charge is -2.12. The monoisotopic (exact) mass is 513 g/mol. The first-order valence-corrected chi connectivity index (χ1v) is 12.5. The molecule has 3 aromatic heterocycles. The Morgan fingerprint density at radius 2 is 1.92 bits per heavy atom. The first-order valence-electron chi connectivity index (χ1n) is 11.3. The summed E-state index contributed by atoms with van der Waals surface area (Å²) in [6.45, 7) is 6.12. The van der Waals surface area contributed by atoms with Crippen LogP contribution in [0.4, 0.5) is 0 Å². The molecule has 0 saturated carbocycles. The van der Waals surface area contributed by atoms with E-state index in [-0.39, 0.29) is 17.0 Å². The second kappa shape index (κ2) is 9.23. The molecule has 2 aromatic carbocycles. The number of aromatic hydroxyl groups is 1. The van der Waals surface area contributed by atoms with E-state index >= 15 is 0 Å². The molecule has 0 amide bonds. The number of aromatic nitrogens is 3. The number of benzene rings is 2. The number of aryl methyl sites for hydroxylation is 3. The van der Waals surface area contributed by atoms with Gasteiger partial charge in [0.15, 0.2) is 5.56 Å². The molecule has 36 heavy (non-hydrogen) atoms. The maximum absolute atomic E-state index is 13.7. The molecule has 0 saturated heterocycles. The van der Waals surface area contributed by atoms with Gasteiger partial charge in [-0.3, -0.25) is 0 Å². The van der Waals surface area contributed by atoms with Crippen LogP contribution >= 0.6 is 22.9 Å². The molecule has 178 valence electrons. The third-order valence-electron chi connectivity index (χ3n) is 6.10. The number of rotatable bonds is 4. The van der Waals surface area contributed by atoms with Crippen LogP contribution in [0.2, 0.25) is 5.02 Å². The molecule has 0 aliphatic rings. The van der Waals surface area contributed by atoms with E-state index in [2.05, 4.69) is 11.1 Å². The number of pyridine rings is 1. The lowest BCUT2D eigenvalue weighted by molar-refractivity contribution is -0.671. The lowest BCUT2D eigenvalue weighted by atomic mass is 9.96. The first-order chi connectivity index (χ1) is 17.3. The Hall–Kier alpha value is -3.99. The minimum Gasteiger partial charge on any atom is -0.477 e. The van der Waals surface area contributed by atoms with Crippen LogP contribution < -0.4 is 10.1 Å². The average molecular weight is 514 g/mol. The van der Waals surface area contributed by atoms with Crippen molar-refractivity contribution in [1.82, 2.24) is 9.38 Å². The smallest absolute Gasteiger partial charge is 0.354 e. The van der Waals surface area contributed by atoms with Crippen LogP contribution in [-0.4, -0.2) is 14.5 Å². The van der Waals surface area contributed by atoms with Crippen molar-refractivity contribution in [3.63, 3.8) is 0 Å². The fourth-order valence-electron chi connectivity index (χ4n) is 4.45. The summed E-state index contributed by atoms with van der Waals surface area (Å²) in [6.07, 6.45) is 3.47. The summed E-state index contributed by atoms with van der Waals surface area (Å²) in [5.74, 6) is -0.170. The van der Waals surface area contributed by atoms with E-state index in [1.54, 1.807) is 41.2 Å². The molecule has 6 nitrogen and oxygen atoms in total. The number of nitriles is 1. The zero-order chi connectivity index (χ0) is 25.6. The van der Waals surface area contributed by atoms with Gasteiger partial charge in [0.1, 0.15) is 6.54 Å². The molecule has 0 bridgehead atoms. The zero-order valence-electron chi connectivity index (χ0n) is 19.9. The molecule has 8 heteroatoms. The van der Waals surface area contributed by atoms with Crippen LogP contribution in [0, 0.1) is 32.1 Å². The van der Waals surface area contributed by atoms with E-state index < -0.39 is 0 Å². The quantitative estimate of drug-likeness (QED) is 0.318. The van der Waals surface area contributed by atoms with Crippen LogP contribution in [0.15, 0.2) is 65.7 Å². The van der Waals surface area contributed by atoms with Crippen LogP contribution in [0.25, 0.3) is 27.9 Å². The van der Waals surface area contributed by atoms with E-state index in [4.69, 9.17) is 11.6 Å². The number of fused-ring (bicyclic) bond motifs is 1. The number of hydrogen-bond acceptors (Lipinski definition) is 5. The predicted octanol–water partition coefficient (Wildman–Crippen LogP) is 5.58. The van der Waals surface area contributed by atoms with Gasteiger partial charge in [-0.2, -0.15) is 14.2 Å². The molecule has 0 atom stereocenters. The molecule has 0 radical (unpaired) electrons. The van der Waals surface area contributed by atoms with E-state index in [9.17, 15) is 15.2 Å². The molecule has 1 N–H and O–H groups in total. The van der Waals surface area contributed by atoms with Gasteiger partial charge in [-0.25, -0.2) is 9.78 Å². The summed E-state index contributed by atoms with van der Waals surface area (Å²) >= 11 is 8.06. The average Bonchev–Trinajstić information content (AvgIpc) is 3.26. The van der Waals surface area contributed by atoms with E-state index in [0.717, 1.165) is 26.6 Å². The third kappa shape index (κ3) is 4.15. The van der Waals surface area contributed by atoms with Crippen molar-refractivity contribution in [3.8, 4) is 34.2 Å². The van der Waals surface area contributed by atoms with Crippen molar-refractivity contribution < 1.29 is 9.67 Å². The number of hydrogen-bond donors (Lipinski definition) is 1. The number of nitrogens with zero attached hydrogens (tertiary/aromatic N) is 4. The largest absolute Gasteiger partial charge is 0.477 e. The molecule has 0 unspecified atom stereocenters. The van der Waals surface area contributed by atoms with Gasteiger partial charge in [0.05, 0.1) is 27.7 Å². The summed E-state index contributed by atoms with van der Waals surface area (Å²) in [5.41, 5.74) is 4.41. The summed E-state index contributed by atoms with van der Waals surface area (Å²) in [7, 11) is 0. The molecular weight excluding hydrogens is 492 g/mol. The molecule has 0 fully saturated rings. The van der Waals surface area contributed by atoms with Crippen molar-refractivity contribution in [2.75, 3.05) is 0 Å². The van der Waals surface area contributed by atoms with Gasteiger partial charge in [0, 0.05) is 22.3 Å². The van der Waals surface area contributed by atoms with E-state index in [1.165, 1.54) is 15.7 Å². The standard InChI is InChI=1S/C28H21ClN4O2S/c1-16-6-7-23(24(29)9-16)20-10-19(13-30)11-21(12-20)25-27(34)32-8-4-5-17(2)26(32)33(28(25)35)15-22-14-31-18(3)36-22/h4-12,14H,15H2,1-3H3/p+1. The van der Waals surface area contributed by atoms with Gasteiger partial charge in [-0.15, -0.1) is 11.3 Å². The highest BCUT2D eigenvalue weighted by Gasteiger charge is 2.27. The van der Waals surface area contributed by atoms with Crippen LogP contribution in [0.5, 0.6) is 5.88 Å². The predicted molar refractivity (Wildman–Crippen MR) is 142 cm³/mol. The minimum atomic E-state index is -0.376. The third-order valence-corrected chi connectivity index (χ3v) is 7.31. The molecular formula is C28H22ClN4O2S+. The highest BCUT2D eigenvalue weighted by molar-refractivity contribution is 7.11. The Morgan fingerprint density at radius 1 is 1.14 bits per heavy atom. The number of halogens is 1. The van der Waals surface area contributed by atoms with Gasteiger partial charge < -0.3 is 5.11 Å². The second-order valence-corrected chi connectivity index (χ2v) is 10.4. The Bertz CT molecular complexity index is 1760. The van der Waals surface area contributed by atoms with Crippen LogP contribution in [0.3, 0.4) is 0 Å². The minimum absolute atomic E-state index is 0.112. The zero-order valence-corrected chi connectivity index (χ0v) is 21.5. The van der Waals surface area contributed by atoms with E-state index in [0.29, 0.717) is 33.9 Å². The summed E-state index contributed by atoms with van der Waals surface area (Å²) in [4.78, 5) is 19.0. The molecule has 0 aliphatic heterocycles. The SMILES string of the molecule is Cc1ccc(-c2cc(C#N)cc(-c3c(O)[n+](Cc4cnc(C)s4)c4c(C)cccn4c3=O)c2)c(Cl)c1. The Balaban J connectivity index is 1.81. The molecule has 5 aromatic rings. The molecule has 0 aliphatic carbocycles. The van der Waals surface area contributed by atoms with Gasteiger partial charge >= 0.3 is 5.56 Å². The Labute approximate surface area is 216 Å². The van der Waals surface area contributed by atoms with Crippen molar-refractivity contribution in [2.45, 2.75) is 27.3 Å². The van der Waals surface area contributed by atoms with Crippen molar-refractivity contribution in [1.29, 1.82) is 5.26 Å². The normalized spacial score (nSPS) is 11.1. The maximum atomic E-state index is 13.7. The fraction of sp³-hybridized carbons (Fsp3) is 0.143. The Morgan fingerprint density at radius 3 is 2.61 bits per heavy atom. The lowest BCUT2D eigenvalue weighted by Crippen LogP contribution is -2.41. The summed E-state index contributed by atoms with van der Waals surface area (Å²) in [5, 5.41) is 22.8. The second-order valence-electron chi connectivity index (χ2n) is 8.71. The highest BCUT2D eigenvalue weighted by Crippen LogP contribution is 2.34. The van der Waals surface area contributed by atoms with Gasteiger partial charge in [-0.05, 0) is 73.9 Å². The highest BCUT2D eigenvalue weighted by atomic mass is 35.5. The van der Waals surface area contributed by atoms with Crippen molar-refractivity contribution >= 4 is 28.6 Å². The Kier molecular flexibility index (Phi) is 6.09. The summed E-state index contributed by atoms with van der Waals surface area (Å²) in [6, 6.07) is 16.7. The van der Waals surface area contributed by atoms with Crippen LogP contribution in [0.1, 0.15) is 26.6 Å². The topological polar surface area (TPSA) is 82.3 Å². The van der Waals surface area contributed by atoms with Gasteiger partial charge in [0.2, 0.25) is 0 Å². The summed E-state index contributed by atoms with van der Waals surface area (Å²) < 4.78 is 3.26. The van der Waals surface area contributed by atoms with Crippen molar-refractivity contribution in [2.24, 2.45) is 0 Å². The first kappa shape index (κ1) is 23.7. The van der Waals surface area contributed by atoms with Crippen molar-refractivity contribution in [3.05, 3.63) is 103 Å². The number of thiazole rings is 1. The van der Waals surface area contributed by atoms with Crippen LogP contribution in [-0.2, 0) is 6.54 Å². The molecule has 3 heterocycles.